The van der Waals surface area contributed by atoms with E-state index < -0.39 is 6.10 Å². The zero-order valence-electron chi connectivity index (χ0n) is 15.2. The SMILES string of the molecule is CC(NC(=O)CSc1nnc(C(O)c2ccccc2)n1C)c1ccccc1. The summed E-state index contributed by atoms with van der Waals surface area (Å²) in [5.41, 5.74) is 1.81. The lowest BCUT2D eigenvalue weighted by atomic mass is 10.1. The van der Waals surface area contributed by atoms with Gasteiger partial charge in [-0.05, 0) is 18.1 Å². The highest BCUT2D eigenvalue weighted by Gasteiger charge is 2.19. The fraction of sp³-hybridized carbons (Fsp3) is 0.250. The molecule has 140 valence electrons. The molecule has 2 unspecified atom stereocenters. The summed E-state index contributed by atoms with van der Waals surface area (Å²) >= 11 is 1.29. The molecule has 2 aromatic carbocycles. The molecule has 27 heavy (non-hydrogen) atoms. The van der Waals surface area contributed by atoms with Gasteiger partial charge < -0.3 is 15.0 Å². The summed E-state index contributed by atoms with van der Waals surface area (Å²) in [6, 6.07) is 19.1. The number of benzene rings is 2. The molecule has 0 fully saturated rings. The maximum atomic E-state index is 12.2. The zero-order valence-corrected chi connectivity index (χ0v) is 16.1. The van der Waals surface area contributed by atoms with E-state index in [2.05, 4.69) is 15.5 Å². The lowest BCUT2D eigenvalue weighted by Crippen LogP contribution is -2.28. The fourth-order valence-electron chi connectivity index (χ4n) is 2.71. The van der Waals surface area contributed by atoms with Gasteiger partial charge in [0.2, 0.25) is 5.91 Å². The van der Waals surface area contributed by atoms with Gasteiger partial charge in [-0.1, -0.05) is 72.4 Å². The molecule has 1 aromatic heterocycles. The second kappa shape index (κ2) is 8.83. The van der Waals surface area contributed by atoms with E-state index >= 15 is 0 Å². The Morgan fingerprint density at radius 2 is 1.67 bits per heavy atom. The van der Waals surface area contributed by atoms with Crippen molar-refractivity contribution >= 4 is 17.7 Å². The smallest absolute Gasteiger partial charge is 0.230 e. The van der Waals surface area contributed by atoms with Gasteiger partial charge in [0, 0.05) is 7.05 Å². The van der Waals surface area contributed by atoms with Gasteiger partial charge in [-0.15, -0.1) is 10.2 Å². The maximum absolute atomic E-state index is 12.2. The minimum atomic E-state index is -0.857. The van der Waals surface area contributed by atoms with Crippen LogP contribution in [0.1, 0.15) is 36.0 Å². The summed E-state index contributed by atoms with van der Waals surface area (Å²) in [5.74, 6) is 0.594. The molecule has 3 aromatic rings. The van der Waals surface area contributed by atoms with Gasteiger partial charge in [0.05, 0.1) is 11.8 Å². The van der Waals surface area contributed by atoms with Crippen molar-refractivity contribution in [3.63, 3.8) is 0 Å². The van der Waals surface area contributed by atoms with Crippen molar-refractivity contribution in [1.82, 2.24) is 20.1 Å². The molecule has 0 saturated heterocycles. The van der Waals surface area contributed by atoms with Crippen molar-refractivity contribution in [2.24, 2.45) is 7.05 Å². The Morgan fingerprint density at radius 1 is 1.07 bits per heavy atom. The highest BCUT2D eigenvalue weighted by Crippen LogP contribution is 2.23. The Bertz CT molecular complexity index is 884. The predicted octanol–water partition coefficient (Wildman–Crippen LogP) is 2.87. The van der Waals surface area contributed by atoms with Crippen molar-refractivity contribution in [1.29, 1.82) is 0 Å². The Hall–Kier alpha value is -2.64. The number of amides is 1. The lowest BCUT2D eigenvalue weighted by molar-refractivity contribution is -0.119. The molecular weight excluding hydrogens is 360 g/mol. The minimum Gasteiger partial charge on any atom is -0.380 e. The Morgan fingerprint density at radius 3 is 2.30 bits per heavy atom. The van der Waals surface area contributed by atoms with E-state index in [1.165, 1.54) is 11.8 Å². The quantitative estimate of drug-likeness (QED) is 0.614. The number of carbonyl (C=O) groups excluding carboxylic acids is 1. The molecule has 2 atom stereocenters. The van der Waals surface area contributed by atoms with Crippen LogP contribution in [0.25, 0.3) is 0 Å². The van der Waals surface area contributed by atoms with Crippen LogP contribution in [-0.4, -0.2) is 31.5 Å². The van der Waals surface area contributed by atoms with Crippen LogP contribution >= 0.6 is 11.8 Å². The van der Waals surface area contributed by atoms with Crippen LogP contribution < -0.4 is 5.32 Å². The first-order valence-corrected chi connectivity index (χ1v) is 9.64. The average Bonchev–Trinajstić information content (AvgIpc) is 3.07. The number of thioether (sulfide) groups is 1. The van der Waals surface area contributed by atoms with Gasteiger partial charge in [-0.25, -0.2) is 0 Å². The van der Waals surface area contributed by atoms with Gasteiger partial charge in [-0.2, -0.15) is 0 Å². The molecule has 7 heteroatoms. The number of nitrogens with zero attached hydrogens (tertiary/aromatic N) is 3. The van der Waals surface area contributed by atoms with E-state index in [1.54, 1.807) is 11.6 Å². The van der Waals surface area contributed by atoms with Crippen molar-refractivity contribution in [3.05, 3.63) is 77.6 Å². The van der Waals surface area contributed by atoms with Gasteiger partial charge in [0.15, 0.2) is 11.0 Å². The third-order valence-electron chi connectivity index (χ3n) is 4.24. The molecule has 0 saturated carbocycles. The summed E-state index contributed by atoms with van der Waals surface area (Å²) < 4.78 is 1.72. The van der Waals surface area contributed by atoms with Gasteiger partial charge in [-0.3, -0.25) is 4.79 Å². The molecule has 0 bridgehead atoms. The number of nitrogens with one attached hydrogen (secondary N) is 1. The second-order valence-electron chi connectivity index (χ2n) is 6.20. The van der Waals surface area contributed by atoms with Crippen LogP contribution in [0.4, 0.5) is 0 Å². The van der Waals surface area contributed by atoms with Crippen molar-refractivity contribution in [2.75, 3.05) is 5.75 Å². The third-order valence-corrected chi connectivity index (χ3v) is 5.26. The first-order valence-electron chi connectivity index (χ1n) is 8.65. The van der Waals surface area contributed by atoms with Crippen molar-refractivity contribution in [2.45, 2.75) is 24.2 Å². The summed E-state index contributed by atoms with van der Waals surface area (Å²) in [7, 11) is 1.79. The lowest BCUT2D eigenvalue weighted by Gasteiger charge is -2.14. The third kappa shape index (κ3) is 4.75. The van der Waals surface area contributed by atoms with E-state index in [0.29, 0.717) is 11.0 Å². The van der Waals surface area contributed by atoms with Gasteiger partial charge in [0.1, 0.15) is 6.10 Å². The summed E-state index contributed by atoms with van der Waals surface area (Å²) in [6.07, 6.45) is -0.857. The average molecular weight is 382 g/mol. The highest BCUT2D eigenvalue weighted by atomic mass is 32.2. The Balaban J connectivity index is 1.59. The standard InChI is InChI=1S/C20H22N4O2S/c1-14(15-9-5-3-6-10-15)21-17(25)13-27-20-23-22-19(24(20)2)18(26)16-11-7-4-8-12-16/h3-12,14,18,26H,13H2,1-2H3,(H,21,25). The number of rotatable bonds is 7. The van der Waals surface area contributed by atoms with Crippen molar-refractivity contribution < 1.29 is 9.90 Å². The molecule has 0 spiro atoms. The Kier molecular flexibility index (Phi) is 6.26. The van der Waals surface area contributed by atoms with Crippen LogP contribution in [0.2, 0.25) is 0 Å². The molecule has 2 N–H and O–H groups in total. The first kappa shape index (κ1) is 19.1. The summed E-state index contributed by atoms with van der Waals surface area (Å²) in [5, 5.41) is 22.3. The number of aromatic nitrogens is 3. The molecule has 0 aliphatic rings. The number of carbonyl (C=O) groups is 1. The number of hydrogen-bond acceptors (Lipinski definition) is 5. The molecule has 0 radical (unpaired) electrons. The number of hydrogen-bond donors (Lipinski definition) is 2. The van der Waals surface area contributed by atoms with Crippen LogP contribution in [-0.2, 0) is 11.8 Å². The number of aliphatic hydroxyl groups excluding tert-OH is 1. The number of aliphatic hydroxyl groups is 1. The van der Waals surface area contributed by atoms with Crippen LogP contribution in [0.15, 0.2) is 65.8 Å². The molecule has 3 rings (SSSR count). The molecular formula is C20H22N4O2S. The highest BCUT2D eigenvalue weighted by molar-refractivity contribution is 7.99. The van der Waals surface area contributed by atoms with Gasteiger partial charge in [0.25, 0.3) is 0 Å². The van der Waals surface area contributed by atoms with Gasteiger partial charge >= 0.3 is 0 Å². The largest absolute Gasteiger partial charge is 0.380 e. The van der Waals surface area contributed by atoms with E-state index in [1.807, 2.05) is 67.6 Å². The fourth-order valence-corrected chi connectivity index (χ4v) is 3.44. The molecule has 1 heterocycles. The molecule has 6 nitrogen and oxygen atoms in total. The molecule has 0 aliphatic carbocycles. The van der Waals surface area contributed by atoms with Crippen LogP contribution in [0.5, 0.6) is 0 Å². The predicted molar refractivity (Wildman–Crippen MR) is 105 cm³/mol. The van der Waals surface area contributed by atoms with Crippen LogP contribution in [0, 0.1) is 0 Å². The zero-order chi connectivity index (χ0) is 19.2. The van der Waals surface area contributed by atoms with E-state index in [-0.39, 0.29) is 17.7 Å². The van der Waals surface area contributed by atoms with Crippen molar-refractivity contribution in [3.8, 4) is 0 Å². The molecule has 0 aliphatic heterocycles. The maximum Gasteiger partial charge on any atom is 0.230 e. The minimum absolute atomic E-state index is 0.0609. The summed E-state index contributed by atoms with van der Waals surface area (Å²) in [4.78, 5) is 12.2. The van der Waals surface area contributed by atoms with E-state index in [4.69, 9.17) is 0 Å². The normalized spacial score (nSPS) is 13.1. The van der Waals surface area contributed by atoms with E-state index in [0.717, 1.165) is 11.1 Å². The molecule has 1 amide bonds. The topological polar surface area (TPSA) is 80.0 Å². The monoisotopic (exact) mass is 382 g/mol. The Labute approximate surface area is 162 Å². The van der Waals surface area contributed by atoms with Crippen LogP contribution in [0.3, 0.4) is 0 Å². The summed E-state index contributed by atoms with van der Waals surface area (Å²) in [6.45, 7) is 1.95. The second-order valence-corrected chi connectivity index (χ2v) is 7.14. The first-order chi connectivity index (χ1) is 13.1. The van der Waals surface area contributed by atoms with E-state index in [9.17, 15) is 9.90 Å².